The second kappa shape index (κ2) is 7.90. The number of nitriles is 1. The smallest absolute Gasteiger partial charge is 0.138 e. The number of nitrogens with one attached hydrogen (secondary N) is 1. The van der Waals surface area contributed by atoms with Gasteiger partial charge in [-0.05, 0) is 24.1 Å². The van der Waals surface area contributed by atoms with Gasteiger partial charge in [0.25, 0.3) is 0 Å². The second-order valence-corrected chi connectivity index (χ2v) is 5.95. The van der Waals surface area contributed by atoms with Crippen molar-refractivity contribution in [3.05, 3.63) is 42.0 Å². The van der Waals surface area contributed by atoms with Crippen molar-refractivity contribution >= 4 is 0 Å². The predicted molar refractivity (Wildman–Crippen MR) is 87.4 cm³/mol. The average molecular weight is 327 g/mol. The molecule has 7 nitrogen and oxygen atoms in total. The van der Waals surface area contributed by atoms with Crippen LogP contribution in [-0.4, -0.2) is 45.2 Å². The number of rotatable bonds is 7. The maximum Gasteiger partial charge on any atom is 0.138 e. The van der Waals surface area contributed by atoms with Crippen LogP contribution < -0.4 is 10.1 Å². The Morgan fingerprint density at radius 3 is 3.04 bits per heavy atom. The molecule has 0 spiro atoms. The average Bonchev–Trinajstić information content (AvgIpc) is 3.07. The highest BCUT2D eigenvalue weighted by molar-refractivity contribution is 5.28. The minimum absolute atomic E-state index is 0.228. The van der Waals surface area contributed by atoms with Crippen molar-refractivity contribution in [2.45, 2.75) is 38.0 Å². The molecular weight excluding hydrogens is 306 g/mol. The van der Waals surface area contributed by atoms with Gasteiger partial charge in [-0.15, -0.1) is 0 Å². The molecule has 0 radical (unpaired) electrons. The first-order chi connectivity index (χ1) is 11.7. The highest BCUT2D eigenvalue weighted by atomic mass is 16.5. The van der Waals surface area contributed by atoms with Gasteiger partial charge in [0.15, 0.2) is 0 Å². The highest BCUT2D eigenvalue weighted by Gasteiger charge is 2.20. The molecule has 0 unspecified atom stereocenters. The number of nitrogens with zero attached hydrogens (tertiary/aromatic N) is 4. The Hall–Kier alpha value is -2.43. The van der Waals surface area contributed by atoms with Gasteiger partial charge in [-0.3, -0.25) is 0 Å². The third-order valence-electron chi connectivity index (χ3n) is 4.10. The number of ether oxygens (including phenoxy) is 1. The van der Waals surface area contributed by atoms with E-state index in [-0.39, 0.29) is 6.61 Å². The van der Waals surface area contributed by atoms with Gasteiger partial charge >= 0.3 is 0 Å². The molecule has 0 amide bonds. The minimum atomic E-state index is -0.582. The molecule has 24 heavy (non-hydrogen) atoms. The summed E-state index contributed by atoms with van der Waals surface area (Å²) < 4.78 is 7.49. The van der Waals surface area contributed by atoms with Gasteiger partial charge in [0.05, 0.1) is 19.0 Å². The molecule has 0 aliphatic carbocycles. The molecule has 1 aliphatic heterocycles. The fourth-order valence-corrected chi connectivity index (χ4v) is 2.75. The molecule has 0 saturated heterocycles. The fraction of sp³-hybridized carbons (Fsp3) is 0.471. The molecule has 7 heteroatoms. The van der Waals surface area contributed by atoms with Crippen LogP contribution in [0.25, 0.3) is 0 Å². The fourth-order valence-electron chi connectivity index (χ4n) is 2.75. The zero-order valence-electron chi connectivity index (χ0n) is 13.4. The van der Waals surface area contributed by atoms with Gasteiger partial charge < -0.3 is 15.2 Å². The Bertz CT molecular complexity index is 692. The third kappa shape index (κ3) is 4.31. The normalized spacial score (nSPS) is 17.8. The van der Waals surface area contributed by atoms with Crippen molar-refractivity contribution in [1.29, 1.82) is 5.26 Å². The van der Waals surface area contributed by atoms with Gasteiger partial charge in [-0.25, -0.2) is 9.67 Å². The molecule has 0 saturated carbocycles. The van der Waals surface area contributed by atoms with Crippen LogP contribution in [0, 0.1) is 11.3 Å². The lowest BCUT2D eigenvalue weighted by Gasteiger charge is -2.24. The van der Waals surface area contributed by atoms with E-state index in [1.165, 1.54) is 0 Å². The molecule has 2 aromatic rings. The van der Waals surface area contributed by atoms with Crippen LogP contribution in [-0.2, 0) is 19.4 Å². The molecule has 1 aromatic carbocycles. The summed E-state index contributed by atoms with van der Waals surface area (Å²) in [5.74, 6) is 1.72. The molecule has 2 N–H and O–H groups in total. The zero-order chi connectivity index (χ0) is 16.8. The maximum atomic E-state index is 10.1. The molecule has 2 heterocycles. The number of hydrogen-bond donors (Lipinski definition) is 2. The van der Waals surface area contributed by atoms with Crippen molar-refractivity contribution in [3.63, 3.8) is 0 Å². The topological polar surface area (TPSA) is 96.0 Å². The van der Waals surface area contributed by atoms with E-state index in [4.69, 9.17) is 10.00 Å². The first kappa shape index (κ1) is 16.4. The van der Waals surface area contributed by atoms with Crippen molar-refractivity contribution in [2.75, 3.05) is 13.2 Å². The Balaban J connectivity index is 1.38. The van der Waals surface area contributed by atoms with E-state index in [9.17, 15) is 5.11 Å². The van der Waals surface area contributed by atoms with Crippen molar-refractivity contribution < 1.29 is 9.84 Å². The summed E-state index contributed by atoms with van der Waals surface area (Å²) in [4.78, 5) is 4.20. The van der Waals surface area contributed by atoms with Crippen LogP contribution in [0.15, 0.2) is 30.6 Å². The number of fused-ring (bicyclic) bond motifs is 1. The monoisotopic (exact) mass is 327 g/mol. The standard InChI is InChI=1S/C17H21N5O2/c18-8-7-13-1-4-16(5-2-13)24-11-15(23)9-19-14-3-6-17-20-12-21-22(17)10-14/h1-2,4-5,12,14-15,19,23H,3,6-7,9-11H2/t14-,15+/m0/s1. The van der Waals surface area contributed by atoms with Crippen LogP contribution in [0.2, 0.25) is 0 Å². The number of aromatic nitrogens is 3. The number of aryl methyl sites for hydroxylation is 1. The molecular formula is C17H21N5O2. The van der Waals surface area contributed by atoms with Crippen LogP contribution in [0.3, 0.4) is 0 Å². The maximum absolute atomic E-state index is 10.1. The lowest BCUT2D eigenvalue weighted by atomic mass is 10.1. The number of aliphatic hydroxyl groups excluding tert-OH is 1. The zero-order valence-corrected chi connectivity index (χ0v) is 13.4. The molecule has 0 bridgehead atoms. The van der Waals surface area contributed by atoms with Crippen molar-refractivity contribution in [2.24, 2.45) is 0 Å². The van der Waals surface area contributed by atoms with E-state index in [0.29, 0.717) is 24.8 Å². The molecule has 0 fully saturated rings. The van der Waals surface area contributed by atoms with Crippen LogP contribution in [0.5, 0.6) is 5.75 Å². The van der Waals surface area contributed by atoms with E-state index in [2.05, 4.69) is 21.5 Å². The molecule has 1 aliphatic rings. The summed E-state index contributed by atoms with van der Waals surface area (Å²) in [6.07, 6.45) is 3.29. The van der Waals surface area contributed by atoms with Gasteiger partial charge in [0.2, 0.25) is 0 Å². The Morgan fingerprint density at radius 1 is 1.42 bits per heavy atom. The lowest BCUT2D eigenvalue weighted by molar-refractivity contribution is 0.101. The first-order valence-electron chi connectivity index (χ1n) is 8.11. The highest BCUT2D eigenvalue weighted by Crippen LogP contribution is 2.13. The van der Waals surface area contributed by atoms with Crippen LogP contribution in [0.1, 0.15) is 17.8 Å². The van der Waals surface area contributed by atoms with Crippen LogP contribution in [0.4, 0.5) is 0 Å². The van der Waals surface area contributed by atoms with E-state index < -0.39 is 6.10 Å². The van der Waals surface area contributed by atoms with Gasteiger partial charge in [-0.1, -0.05) is 12.1 Å². The quantitative estimate of drug-likeness (QED) is 0.777. The number of benzene rings is 1. The van der Waals surface area contributed by atoms with Crippen LogP contribution >= 0.6 is 0 Å². The van der Waals surface area contributed by atoms with E-state index >= 15 is 0 Å². The first-order valence-corrected chi connectivity index (χ1v) is 8.11. The Labute approximate surface area is 140 Å². The molecule has 126 valence electrons. The number of hydrogen-bond acceptors (Lipinski definition) is 6. The Kier molecular flexibility index (Phi) is 5.41. The SMILES string of the molecule is N#CCc1ccc(OC[C@H](O)CN[C@H]2CCc3ncnn3C2)cc1. The third-order valence-corrected chi connectivity index (χ3v) is 4.10. The summed E-state index contributed by atoms with van der Waals surface area (Å²) in [5, 5.41) is 26.3. The number of aliphatic hydroxyl groups is 1. The Morgan fingerprint density at radius 2 is 2.25 bits per heavy atom. The predicted octanol–water partition coefficient (Wildman–Crippen LogP) is 0.688. The summed E-state index contributed by atoms with van der Waals surface area (Å²) in [5.41, 5.74) is 0.955. The van der Waals surface area contributed by atoms with Crippen molar-refractivity contribution in [3.8, 4) is 11.8 Å². The molecule has 3 rings (SSSR count). The van der Waals surface area contributed by atoms with E-state index in [1.54, 1.807) is 6.33 Å². The van der Waals surface area contributed by atoms with Gasteiger partial charge in [-0.2, -0.15) is 10.4 Å². The minimum Gasteiger partial charge on any atom is -0.491 e. The van der Waals surface area contributed by atoms with Crippen molar-refractivity contribution in [1.82, 2.24) is 20.1 Å². The summed E-state index contributed by atoms with van der Waals surface area (Å²) in [7, 11) is 0. The van der Waals surface area contributed by atoms with E-state index in [0.717, 1.165) is 30.8 Å². The summed E-state index contributed by atoms with van der Waals surface area (Å²) in [6, 6.07) is 9.76. The lowest BCUT2D eigenvalue weighted by Crippen LogP contribution is -2.42. The van der Waals surface area contributed by atoms with Gasteiger partial charge in [0.1, 0.15) is 30.6 Å². The molecule has 2 atom stereocenters. The molecule has 1 aromatic heterocycles. The van der Waals surface area contributed by atoms with E-state index in [1.807, 2.05) is 28.9 Å². The second-order valence-electron chi connectivity index (χ2n) is 5.95. The van der Waals surface area contributed by atoms with Gasteiger partial charge in [0, 0.05) is 19.0 Å². The summed E-state index contributed by atoms with van der Waals surface area (Å²) >= 11 is 0. The largest absolute Gasteiger partial charge is 0.491 e. The summed E-state index contributed by atoms with van der Waals surface area (Å²) in [6.45, 7) is 1.48.